The first-order valence-corrected chi connectivity index (χ1v) is 8.15. The summed E-state index contributed by atoms with van der Waals surface area (Å²) in [5.74, 6) is 0.772. The molecule has 2 aromatic heterocycles. The molecule has 0 atom stereocenters. The fraction of sp³-hybridized carbons (Fsp3) is 0.389. The van der Waals surface area contributed by atoms with E-state index in [0.717, 1.165) is 56.9 Å². The van der Waals surface area contributed by atoms with Crippen LogP contribution in [0.5, 0.6) is 0 Å². The van der Waals surface area contributed by atoms with Gasteiger partial charge in [-0.15, -0.1) is 0 Å². The summed E-state index contributed by atoms with van der Waals surface area (Å²) in [6.07, 6.45) is 10.8. The Bertz CT molecular complexity index is 714. The highest BCUT2D eigenvalue weighted by atomic mass is 16.5. The van der Waals surface area contributed by atoms with Crippen LogP contribution in [0.4, 0.5) is 0 Å². The molecular formula is C18H20N4O. The maximum Gasteiger partial charge on any atom is 0.160 e. The molecule has 0 amide bonds. The number of ether oxygens (including phenoxy) is 1. The number of fused-ring (bicyclic) bond motifs is 1. The van der Waals surface area contributed by atoms with E-state index in [1.807, 2.05) is 30.8 Å². The van der Waals surface area contributed by atoms with Crippen molar-refractivity contribution < 1.29 is 4.74 Å². The lowest BCUT2D eigenvalue weighted by atomic mass is 10.0. The predicted octanol–water partition coefficient (Wildman–Crippen LogP) is 2.59. The third kappa shape index (κ3) is 3.24. The van der Waals surface area contributed by atoms with Crippen LogP contribution in [0.3, 0.4) is 0 Å². The van der Waals surface area contributed by atoms with Crippen LogP contribution in [-0.2, 0) is 17.7 Å². The van der Waals surface area contributed by atoms with Crippen LogP contribution in [0.1, 0.15) is 24.1 Å². The van der Waals surface area contributed by atoms with E-state index in [4.69, 9.17) is 9.72 Å². The smallest absolute Gasteiger partial charge is 0.160 e. The van der Waals surface area contributed by atoms with Gasteiger partial charge >= 0.3 is 0 Å². The Labute approximate surface area is 136 Å². The molecule has 0 aliphatic carbocycles. The van der Waals surface area contributed by atoms with Gasteiger partial charge in [-0.05, 0) is 30.5 Å². The first-order valence-electron chi connectivity index (χ1n) is 8.15. The minimum Gasteiger partial charge on any atom is -0.501 e. The second-order valence-corrected chi connectivity index (χ2v) is 6.12. The number of hydrogen-bond acceptors (Lipinski definition) is 5. The summed E-state index contributed by atoms with van der Waals surface area (Å²) in [4.78, 5) is 15.9. The lowest BCUT2D eigenvalue weighted by Gasteiger charge is -2.29. The van der Waals surface area contributed by atoms with Crippen LogP contribution < -0.4 is 0 Å². The Morgan fingerprint density at radius 2 is 2.22 bits per heavy atom. The number of pyridine rings is 1. The van der Waals surface area contributed by atoms with Gasteiger partial charge in [0.1, 0.15) is 0 Å². The van der Waals surface area contributed by atoms with Crippen molar-refractivity contribution in [1.82, 2.24) is 19.9 Å². The van der Waals surface area contributed by atoms with Gasteiger partial charge in [-0.1, -0.05) is 0 Å². The largest absolute Gasteiger partial charge is 0.501 e. The number of nitrogens with zero attached hydrogens (tertiary/aromatic N) is 4. The topological polar surface area (TPSA) is 51.1 Å². The summed E-state index contributed by atoms with van der Waals surface area (Å²) >= 11 is 0. The van der Waals surface area contributed by atoms with E-state index in [2.05, 4.69) is 14.9 Å². The lowest BCUT2D eigenvalue weighted by Crippen LogP contribution is -2.33. The van der Waals surface area contributed by atoms with Gasteiger partial charge in [0.2, 0.25) is 0 Å². The zero-order valence-corrected chi connectivity index (χ0v) is 13.1. The molecule has 2 aromatic rings. The van der Waals surface area contributed by atoms with Crippen LogP contribution in [0.25, 0.3) is 11.4 Å². The monoisotopic (exact) mass is 308 g/mol. The predicted molar refractivity (Wildman–Crippen MR) is 87.5 cm³/mol. The van der Waals surface area contributed by atoms with E-state index in [1.54, 1.807) is 6.20 Å². The van der Waals surface area contributed by atoms with Crippen molar-refractivity contribution in [3.8, 4) is 11.4 Å². The molecule has 0 aromatic carbocycles. The molecule has 4 heterocycles. The summed E-state index contributed by atoms with van der Waals surface area (Å²) in [7, 11) is 0. The van der Waals surface area contributed by atoms with Crippen molar-refractivity contribution in [2.75, 3.05) is 19.7 Å². The molecule has 2 aliphatic rings. The molecular weight excluding hydrogens is 288 g/mol. The van der Waals surface area contributed by atoms with E-state index in [-0.39, 0.29) is 0 Å². The average Bonchev–Trinajstić information content (AvgIpc) is 2.63. The van der Waals surface area contributed by atoms with Gasteiger partial charge in [0, 0.05) is 55.8 Å². The molecule has 0 spiro atoms. The van der Waals surface area contributed by atoms with Crippen molar-refractivity contribution in [1.29, 1.82) is 0 Å². The number of hydrogen-bond donors (Lipinski definition) is 0. The van der Waals surface area contributed by atoms with Crippen LogP contribution in [-0.4, -0.2) is 39.5 Å². The molecule has 23 heavy (non-hydrogen) atoms. The number of rotatable bonds is 3. The molecule has 0 saturated carbocycles. The Kier molecular flexibility index (Phi) is 4.03. The molecule has 0 fully saturated rings. The fourth-order valence-electron chi connectivity index (χ4n) is 3.17. The molecule has 5 heteroatoms. The lowest BCUT2D eigenvalue weighted by molar-refractivity contribution is 0.208. The normalized spacial score (nSPS) is 18.0. The molecule has 0 unspecified atom stereocenters. The van der Waals surface area contributed by atoms with Gasteiger partial charge in [-0.25, -0.2) is 9.97 Å². The minimum absolute atomic E-state index is 0.772. The summed E-state index contributed by atoms with van der Waals surface area (Å²) in [5, 5.41) is 0. The van der Waals surface area contributed by atoms with E-state index in [9.17, 15) is 0 Å². The first kappa shape index (κ1) is 14.3. The van der Waals surface area contributed by atoms with Gasteiger partial charge < -0.3 is 4.74 Å². The second-order valence-electron chi connectivity index (χ2n) is 6.12. The molecule has 5 nitrogen and oxygen atoms in total. The Morgan fingerprint density at radius 3 is 3.04 bits per heavy atom. The fourth-order valence-corrected chi connectivity index (χ4v) is 3.17. The van der Waals surface area contributed by atoms with E-state index >= 15 is 0 Å². The van der Waals surface area contributed by atoms with Crippen molar-refractivity contribution in [3.05, 3.63) is 53.8 Å². The maximum atomic E-state index is 5.44. The molecule has 0 radical (unpaired) electrons. The molecule has 0 N–H and O–H groups in total. The Morgan fingerprint density at radius 1 is 1.22 bits per heavy atom. The first-order chi connectivity index (χ1) is 11.4. The van der Waals surface area contributed by atoms with Gasteiger partial charge in [0.25, 0.3) is 0 Å². The van der Waals surface area contributed by atoms with Crippen molar-refractivity contribution in [2.24, 2.45) is 0 Å². The summed E-state index contributed by atoms with van der Waals surface area (Å²) in [6, 6.07) is 3.92. The van der Waals surface area contributed by atoms with Crippen molar-refractivity contribution in [2.45, 2.75) is 25.8 Å². The molecule has 0 saturated heterocycles. The maximum absolute atomic E-state index is 5.44. The Hall–Kier alpha value is -2.27. The summed E-state index contributed by atoms with van der Waals surface area (Å²) < 4.78 is 5.44. The van der Waals surface area contributed by atoms with Gasteiger partial charge in [-0.2, -0.15) is 0 Å². The van der Waals surface area contributed by atoms with E-state index < -0.39 is 0 Å². The second kappa shape index (κ2) is 6.46. The standard InChI is InChI=1S/C18H20N4O/c1-4-15(9-19-6-1)18-20-10-16-12-22(7-5-17(16)21-18)11-14-3-2-8-23-13-14/h1,4,6,9-10,13H,2-3,5,7-8,11-12H2. The van der Waals surface area contributed by atoms with Gasteiger partial charge in [0.05, 0.1) is 18.6 Å². The SMILES string of the molecule is C1=C(CN2CCc3nc(-c4cccnc4)ncc3C2)CCCO1. The highest BCUT2D eigenvalue weighted by Gasteiger charge is 2.20. The van der Waals surface area contributed by atoms with Gasteiger partial charge in [0.15, 0.2) is 5.82 Å². The highest BCUT2D eigenvalue weighted by molar-refractivity contribution is 5.53. The van der Waals surface area contributed by atoms with Gasteiger partial charge in [-0.3, -0.25) is 9.88 Å². The zero-order chi connectivity index (χ0) is 15.5. The van der Waals surface area contributed by atoms with Crippen LogP contribution >= 0.6 is 0 Å². The van der Waals surface area contributed by atoms with E-state index in [1.165, 1.54) is 16.8 Å². The zero-order valence-electron chi connectivity index (χ0n) is 13.1. The quantitative estimate of drug-likeness (QED) is 0.872. The average molecular weight is 308 g/mol. The molecule has 2 aliphatic heterocycles. The van der Waals surface area contributed by atoms with Crippen LogP contribution in [0, 0.1) is 0 Å². The molecule has 4 rings (SSSR count). The minimum atomic E-state index is 0.772. The summed E-state index contributed by atoms with van der Waals surface area (Å²) in [5.41, 5.74) is 4.78. The Balaban J connectivity index is 1.49. The molecule has 118 valence electrons. The summed E-state index contributed by atoms with van der Waals surface area (Å²) in [6.45, 7) is 3.80. The number of aromatic nitrogens is 3. The van der Waals surface area contributed by atoms with E-state index in [0.29, 0.717) is 0 Å². The van der Waals surface area contributed by atoms with Crippen LogP contribution in [0.2, 0.25) is 0 Å². The van der Waals surface area contributed by atoms with Crippen molar-refractivity contribution >= 4 is 0 Å². The third-order valence-electron chi connectivity index (χ3n) is 4.37. The molecule has 0 bridgehead atoms. The van der Waals surface area contributed by atoms with Crippen molar-refractivity contribution in [3.63, 3.8) is 0 Å². The van der Waals surface area contributed by atoms with Crippen LogP contribution in [0.15, 0.2) is 42.6 Å². The highest BCUT2D eigenvalue weighted by Crippen LogP contribution is 2.22. The third-order valence-corrected chi connectivity index (χ3v) is 4.37.